The number of thioether (sulfide) groups is 1. The Morgan fingerprint density at radius 1 is 1.12 bits per heavy atom. The van der Waals surface area contributed by atoms with Gasteiger partial charge in [-0.2, -0.15) is 13.2 Å². The molecule has 0 radical (unpaired) electrons. The van der Waals surface area contributed by atoms with Crippen LogP contribution >= 0.6 is 11.8 Å². The van der Waals surface area contributed by atoms with Gasteiger partial charge in [0.1, 0.15) is 5.75 Å². The number of para-hydroxylation sites is 1. The summed E-state index contributed by atoms with van der Waals surface area (Å²) in [5.41, 5.74) is 2.26. The second kappa shape index (κ2) is 10.2. The lowest BCUT2D eigenvalue weighted by Gasteiger charge is -2.18. The Labute approximate surface area is 198 Å². The van der Waals surface area contributed by atoms with Gasteiger partial charge in [-0.05, 0) is 41.5 Å². The second-order valence-electron chi connectivity index (χ2n) is 7.59. The molecule has 34 heavy (non-hydrogen) atoms. The Kier molecular flexibility index (Phi) is 7.12. The Bertz CT molecular complexity index is 1260. The van der Waals surface area contributed by atoms with Crippen molar-refractivity contribution in [2.45, 2.75) is 17.1 Å². The summed E-state index contributed by atoms with van der Waals surface area (Å²) in [6.07, 6.45) is -1.71. The van der Waals surface area contributed by atoms with Crippen LogP contribution in [0, 0.1) is 0 Å². The molecule has 1 atom stereocenters. The maximum absolute atomic E-state index is 12.7. The third-order valence-corrected chi connectivity index (χ3v) is 6.38. The van der Waals surface area contributed by atoms with Gasteiger partial charge in [0.2, 0.25) is 5.91 Å². The summed E-state index contributed by atoms with van der Waals surface area (Å²) in [6.45, 7) is 0.355. The van der Waals surface area contributed by atoms with Crippen LogP contribution in [0.1, 0.15) is 22.6 Å². The lowest BCUT2D eigenvalue weighted by Crippen LogP contribution is -2.30. The van der Waals surface area contributed by atoms with Gasteiger partial charge in [0, 0.05) is 35.8 Å². The number of fused-ring (bicyclic) bond motifs is 1. The molecule has 0 fully saturated rings. The fraction of sp³-hybridized carbons (Fsp3) is 0.200. The van der Waals surface area contributed by atoms with Crippen molar-refractivity contribution in [3.8, 4) is 5.75 Å². The smallest absolute Gasteiger partial charge is 0.417 e. The van der Waals surface area contributed by atoms with Gasteiger partial charge in [0.05, 0.1) is 23.5 Å². The van der Waals surface area contributed by atoms with Crippen molar-refractivity contribution in [1.82, 2.24) is 15.3 Å². The number of nitrogens with zero attached hydrogens (tertiary/aromatic N) is 1. The number of H-pyrrole nitrogens is 1. The molecule has 4 aromatic rings. The molecule has 176 valence electrons. The minimum atomic E-state index is -4.44. The summed E-state index contributed by atoms with van der Waals surface area (Å²) in [7, 11) is 1.61. The summed E-state index contributed by atoms with van der Waals surface area (Å²) < 4.78 is 43.3. The van der Waals surface area contributed by atoms with Crippen LogP contribution in [0.3, 0.4) is 0 Å². The van der Waals surface area contributed by atoms with Crippen LogP contribution in [0.2, 0.25) is 0 Å². The average Bonchev–Trinajstić information content (AvgIpc) is 3.27. The predicted octanol–water partition coefficient (Wildman–Crippen LogP) is 5.63. The highest BCUT2D eigenvalue weighted by Crippen LogP contribution is 2.32. The lowest BCUT2D eigenvalue weighted by molar-refractivity contribution is -0.137. The first-order valence-corrected chi connectivity index (χ1v) is 11.5. The Morgan fingerprint density at radius 3 is 2.56 bits per heavy atom. The Balaban J connectivity index is 1.45. The van der Waals surface area contributed by atoms with Gasteiger partial charge in [0.25, 0.3) is 0 Å². The van der Waals surface area contributed by atoms with Crippen LogP contribution in [-0.2, 0) is 11.0 Å². The summed E-state index contributed by atoms with van der Waals surface area (Å²) in [6, 6.07) is 17.9. The normalized spacial score (nSPS) is 12.5. The molecule has 2 heterocycles. The standard InChI is InChI=1S/C25H22F3N3O2S/c1-33-18-9-6-16(7-10-18)20(21-14-29-22-5-3-2-4-19(21)22)13-30-23(32)15-34-24-11-8-17(12-31-24)25(26,27)28/h2-12,14,20,29H,13,15H2,1H3,(H,30,32). The maximum Gasteiger partial charge on any atom is 0.417 e. The predicted molar refractivity (Wildman–Crippen MR) is 126 cm³/mol. The van der Waals surface area contributed by atoms with Crippen molar-refractivity contribution in [1.29, 1.82) is 0 Å². The lowest BCUT2D eigenvalue weighted by atomic mass is 9.91. The SMILES string of the molecule is COc1ccc(C(CNC(=O)CSc2ccc(C(F)(F)F)cn2)c2c[nH]c3ccccc23)cc1. The summed E-state index contributed by atoms with van der Waals surface area (Å²) in [4.78, 5) is 19.6. The van der Waals surface area contributed by atoms with Gasteiger partial charge in [-0.25, -0.2) is 4.98 Å². The largest absolute Gasteiger partial charge is 0.497 e. The highest BCUT2D eigenvalue weighted by Gasteiger charge is 2.30. The van der Waals surface area contributed by atoms with Crippen LogP contribution in [0.25, 0.3) is 10.9 Å². The molecule has 0 saturated carbocycles. The molecule has 4 rings (SSSR count). The maximum atomic E-state index is 12.7. The average molecular weight is 486 g/mol. The van der Waals surface area contributed by atoms with Crippen molar-refractivity contribution in [3.63, 3.8) is 0 Å². The minimum Gasteiger partial charge on any atom is -0.497 e. The molecule has 0 aliphatic heterocycles. The Hall–Kier alpha value is -3.46. The molecule has 2 aromatic heterocycles. The van der Waals surface area contributed by atoms with E-state index in [1.165, 1.54) is 6.07 Å². The van der Waals surface area contributed by atoms with Crippen LogP contribution in [0.15, 0.2) is 78.1 Å². The topological polar surface area (TPSA) is 67.0 Å². The molecule has 1 unspecified atom stereocenters. The fourth-order valence-electron chi connectivity index (χ4n) is 3.67. The quantitative estimate of drug-likeness (QED) is 0.318. The zero-order valence-electron chi connectivity index (χ0n) is 18.2. The number of aromatic amines is 1. The monoisotopic (exact) mass is 485 g/mol. The third-order valence-electron chi connectivity index (χ3n) is 5.43. The first-order chi connectivity index (χ1) is 16.3. The van der Waals surface area contributed by atoms with Crippen molar-refractivity contribution < 1.29 is 22.7 Å². The van der Waals surface area contributed by atoms with Crippen LogP contribution in [-0.4, -0.2) is 35.3 Å². The van der Waals surface area contributed by atoms with Gasteiger partial charge in [-0.1, -0.05) is 42.1 Å². The number of methoxy groups -OCH3 is 1. The van der Waals surface area contributed by atoms with E-state index in [2.05, 4.69) is 15.3 Å². The van der Waals surface area contributed by atoms with E-state index in [4.69, 9.17) is 4.74 Å². The number of hydrogen-bond donors (Lipinski definition) is 2. The molecule has 0 aliphatic carbocycles. The third kappa shape index (κ3) is 5.53. The van der Waals surface area contributed by atoms with Crippen LogP contribution in [0.5, 0.6) is 5.75 Å². The fourth-order valence-corrected chi connectivity index (χ4v) is 4.34. The number of halogens is 3. The van der Waals surface area contributed by atoms with E-state index in [1.807, 2.05) is 54.7 Å². The van der Waals surface area contributed by atoms with Gasteiger partial charge in [-0.3, -0.25) is 4.79 Å². The van der Waals surface area contributed by atoms with E-state index in [-0.39, 0.29) is 17.6 Å². The summed E-state index contributed by atoms with van der Waals surface area (Å²) >= 11 is 1.09. The van der Waals surface area contributed by atoms with E-state index < -0.39 is 11.7 Å². The number of nitrogens with one attached hydrogen (secondary N) is 2. The number of rotatable bonds is 8. The molecule has 0 saturated heterocycles. The number of alkyl halides is 3. The zero-order chi connectivity index (χ0) is 24.1. The molecule has 2 aromatic carbocycles. The van der Waals surface area contributed by atoms with E-state index in [9.17, 15) is 18.0 Å². The number of ether oxygens (including phenoxy) is 1. The van der Waals surface area contributed by atoms with Gasteiger partial charge >= 0.3 is 6.18 Å². The van der Waals surface area contributed by atoms with Crippen molar-refractivity contribution >= 4 is 28.6 Å². The van der Waals surface area contributed by atoms with E-state index in [0.717, 1.165) is 51.8 Å². The Morgan fingerprint density at radius 2 is 1.88 bits per heavy atom. The zero-order valence-corrected chi connectivity index (χ0v) is 19.0. The molecule has 0 bridgehead atoms. The van der Waals surface area contributed by atoms with E-state index in [1.54, 1.807) is 7.11 Å². The number of aromatic nitrogens is 2. The molecule has 0 spiro atoms. The highest BCUT2D eigenvalue weighted by atomic mass is 32.2. The number of amides is 1. The van der Waals surface area contributed by atoms with Gasteiger partial charge in [0.15, 0.2) is 0 Å². The molecule has 2 N–H and O–H groups in total. The second-order valence-corrected chi connectivity index (χ2v) is 8.59. The van der Waals surface area contributed by atoms with Crippen LogP contribution in [0.4, 0.5) is 13.2 Å². The number of carbonyl (C=O) groups is 1. The number of carbonyl (C=O) groups excluding carboxylic acids is 1. The molecular weight excluding hydrogens is 463 g/mol. The highest BCUT2D eigenvalue weighted by molar-refractivity contribution is 7.99. The molecule has 5 nitrogen and oxygen atoms in total. The van der Waals surface area contributed by atoms with Gasteiger partial charge < -0.3 is 15.0 Å². The van der Waals surface area contributed by atoms with Gasteiger partial charge in [-0.15, -0.1) is 0 Å². The number of benzene rings is 2. The summed E-state index contributed by atoms with van der Waals surface area (Å²) in [5, 5.41) is 4.38. The molecular formula is C25H22F3N3O2S. The van der Waals surface area contributed by atoms with Crippen LogP contribution < -0.4 is 10.1 Å². The van der Waals surface area contributed by atoms with Crippen molar-refractivity contribution in [2.75, 3.05) is 19.4 Å². The molecule has 1 amide bonds. The number of hydrogen-bond acceptors (Lipinski definition) is 4. The number of pyridine rings is 1. The van der Waals surface area contributed by atoms with E-state index in [0.29, 0.717) is 11.6 Å². The summed E-state index contributed by atoms with van der Waals surface area (Å²) in [5.74, 6) is 0.442. The minimum absolute atomic E-state index is 0.0432. The molecule has 0 aliphatic rings. The molecule has 9 heteroatoms. The van der Waals surface area contributed by atoms with Crippen molar-refractivity contribution in [3.05, 3.63) is 89.7 Å². The van der Waals surface area contributed by atoms with Crippen molar-refractivity contribution in [2.24, 2.45) is 0 Å². The first kappa shape index (κ1) is 23.7. The first-order valence-electron chi connectivity index (χ1n) is 10.5. The van der Waals surface area contributed by atoms with E-state index >= 15 is 0 Å².